The summed E-state index contributed by atoms with van der Waals surface area (Å²) in [4.78, 5) is 4.37. The van der Waals surface area contributed by atoms with Crippen LogP contribution in [0.4, 0.5) is 0 Å². The van der Waals surface area contributed by atoms with Crippen molar-refractivity contribution in [3.63, 3.8) is 0 Å². The number of rotatable bonds is 3. The molecule has 0 amide bonds. The normalized spacial score (nSPS) is 12.7. The molecule has 0 saturated heterocycles. The van der Waals surface area contributed by atoms with E-state index in [1.165, 1.54) is 11.1 Å². The summed E-state index contributed by atoms with van der Waals surface area (Å²) in [7, 11) is 0. The first-order chi connectivity index (χ1) is 8.06. The lowest BCUT2D eigenvalue weighted by atomic mass is 10.0. The molecule has 1 aromatic carbocycles. The van der Waals surface area contributed by atoms with Gasteiger partial charge in [0.2, 0.25) is 0 Å². The van der Waals surface area contributed by atoms with E-state index in [-0.39, 0.29) is 0 Å². The van der Waals surface area contributed by atoms with Crippen molar-refractivity contribution in [1.29, 1.82) is 0 Å². The van der Waals surface area contributed by atoms with E-state index in [0.717, 1.165) is 16.3 Å². The zero-order valence-electron chi connectivity index (χ0n) is 10.4. The van der Waals surface area contributed by atoms with Crippen molar-refractivity contribution in [2.75, 3.05) is 0 Å². The third-order valence-electron chi connectivity index (χ3n) is 2.98. The highest BCUT2D eigenvalue weighted by molar-refractivity contribution is 7.09. The third kappa shape index (κ3) is 2.93. The van der Waals surface area contributed by atoms with E-state index in [1.54, 1.807) is 11.3 Å². The zero-order chi connectivity index (χ0) is 12.4. The lowest BCUT2D eigenvalue weighted by molar-refractivity contribution is 0.177. The zero-order valence-corrected chi connectivity index (χ0v) is 11.2. The molecule has 0 saturated carbocycles. The Morgan fingerprint density at radius 1 is 1.24 bits per heavy atom. The van der Waals surface area contributed by atoms with E-state index < -0.39 is 6.10 Å². The Labute approximate surface area is 106 Å². The first-order valence-electron chi connectivity index (χ1n) is 5.72. The highest BCUT2D eigenvalue weighted by Gasteiger charge is 2.11. The summed E-state index contributed by atoms with van der Waals surface area (Å²) in [5, 5.41) is 13.2. The van der Waals surface area contributed by atoms with Gasteiger partial charge in [0.05, 0.1) is 16.8 Å². The first kappa shape index (κ1) is 12.3. The summed E-state index contributed by atoms with van der Waals surface area (Å²) < 4.78 is 0. The van der Waals surface area contributed by atoms with Crippen LogP contribution in [0.3, 0.4) is 0 Å². The number of benzene rings is 1. The molecule has 1 heterocycles. The number of hydrogen-bond donors (Lipinski definition) is 1. The summed E-state index contributed by atoms with van der Waals surface area (Å²) in [6.45, 7) is 6.13. The van der Waals surface area contributed by atoms with E-state index in [1.807, 2.05) is 18.4 Å². The highest BCUT2D eigenvalue weighted by atomic mass is 32.1. The van der Waals surface area contributed by atoms with Crippen LogP contribution in [-0.2, 0) is 6.42 Å². The molecule has 0 aliphatic rings. The number of thiazole rings is 1. The first-order valence-corrected chi connectivity index (χ1v) is 6.60. The van der Waals surface area contributed by atoms with Gasteiger partial charge in [-0.15, -0.1) is 11.3 Å². The minimum atomic E-state index is -0.462. The molecular formula is C14H17NOS. The maximum atomic E-state index is 10.2. The number of aliphatic hydroxyl groups is 1. The average molecular weight is 247 g/mol. The van der Waals surface area contributed by atoms with E-state index >= 15 is 0 Å². The van der Waals surface area contributed by atoms with Crippen LogP contribution in [0.5, 0.6) is 0 Å². The largest absolute Gasteiger partial charge is 0.388 e. The van der Waals surface area contributed by atoms with Gasteiger partial charge >= 0.3 is 0 Å². The van der Waals surface area contributed by atoms with Crippen molar-refractivity contribution in [2.45, 2.75) is 33.3 Å². The van der Waals surface area contributed by atoms with E-state index in [4.69, 9.17) is 0 Å². The molecule has 17 heavy (non-hydrogen) atoms. The molecule has 0 bridgehead atoms. The van der Waals surface area contributed by atoms with Crippen LogP contribution < -0.4 is 0 Å². The van der Waals surface area contributed by atoms with Gasteiger partial charge in [-0.1, -0.05) is 18.2 Å². The molecule has 0 aliphatic heterocycles. The molecule has 0 radical (unpaired) electrons. The van der Waals surface area contributed by atoms with Gasteiger partial charge in [-0.2, -0.15) is 0 Å². The van der Waals surface area contributed by atoms with E-state index in [2.05, 4.69) is 31.0 Å². The summed E-state index contributed by atoms with van der Waals surface area (Å²) in [6.07, 6.45) is 0.128. The van der Waals surface area contributed by atoms with Crippen LogP contribution in [0.1, 0.15) is 33.5 Å². The summed E-state index contributed by atoms with van der Waals surface area (Å²) in [5.41, 5.74) is 4.42. The van der Waals surface area contributed by atoms with Gasteiger partial charge in [-0.3, -0.25) is 0 Å². The molecule has 90 valence electrons. The highest BCUT2D eigenvalue weighted by Crippen LogP contribution is 2.21. The van der Waals surface area contributed by atoms with Crippen LogP contribution in [0.15, 0.2) is 23.6 Å². The number of hydrogen-bond acceptors (Lipinski definition) is 3. The second kappa shape index (κ2) is 4.98. The summed E-state index contributed by atoms with van der Waals surface area (Å²) in [5.74, 6) is 0. The van der Waals surface area contributed by atoms with Crippen molar-refractivity contribution in [3.05, 3.63) is 51.0 Å². The maximum absolute atomic E-state index is 10.2. The quantitative estimate of drug-likeness (QED) is 0.902. The topological polar surface area (TPSA) is 33.1 Å². The van der Waals surface area contributed by atoms with Crippen LogP contribution in [0.2, 0.25) is 0 Å². The van der Waals surface area contributed by atoms with Crippen molar-refractivity contribution in [3.8, 4) is 0 Å². The molecular weight excluding hydrogens is 230 g/mol. The van der Waals surface area contributed by atoms with E-state index in [0.29, 0.717) is 6.42 Å². The average Bonchev–Trinajstić information content (AvgIpc) is 2.68. The lowest BCUT2D eigenvalue weighted by Gasteiger charge is -2.11. The molecule has 2 aromatic rings. The van der Waals surface area contributed by atoms with Gasteiger partial charge in [0, 0.05) is 11.8 Å². The number of aliphatic hydroxyl groups excluding tert-OH is 1. The minimum absolute atomic E-state index is 0.462. The Kier molecular flexibility index (Phi) is 3.60. The molecule has 1 atom stereocenters. The second-order valence-corrected chi connectivity index (χ2v) is 5.48. The Hall–Kier alpha value is -1.19. The molecule has 0 spiro atoms. The van der Waals surface area contributed by atoms with Gasteiger partial charge in [0.1, 0.15) is 0 Å². The SMILES string of the molecule is Cc1nc(CC(O)c2ccc(C)c(C)c2)cs1. The van der Waals surface area contributed by atoms with Gasteiger partial charge in [-0.25, -0.2) is 4.98 Å². The van der Waals surface area contributed by atoms with Crippen LogP contribution in [-0.4, -0.2) is 10.1 Å². The van der Waals surface area contributed by atoms with Gasteiger partial charge < -0.3 is 5.11 Å². The molecule has 0 aliphatic carbocycles. The molecule has 1 N–H and O–H groups in total. The van der Waals surface area contributed by atoms with Crippen molar-refractivity contribution in [1.82, 2.24) is 4.98 Å². The van der Waals surface area contributed by atoms with Crippen molar-refractivity contribution < 1.29 is 5.11 Å². The lowest BCUT2D eigenvalue weighted by Crippen LogP contribution is -2.02. The second-order valence-electron chi connectivity index (χ2n) is 4.42. The third-order valence-corrected chi connectivity index (χ3v) is 3.81. The fourth-order valence-corrected chi connectivity index (χ4v) is 2.42. The molecule has 2 nitrogen and oxygen atoms in total. The number of aryl methyl sites for hydroxylation is 3. The maximum Gasteiger partial charge on any atom is 0.0897 e. The molecule has 1 unspecified atom stereocenters. The minimum Gasteiger partial charge on any atom is -0.388 e. The predicted molar refractivity (Wildman–Crippen MR) is 71.4 cm³/mol. The standard InChI is InChI=1S/C14H17NOS/c1-9-4-5-12(6-10(9)2)14(16)7-13-8-17-11(3)15-13/h4-6,8,14,16H,7H2,1-3H3. The van der Waals surface area contributed by atoms with Gasteiger partial charge in [0.25, 0.3) is 0 Å². The monoisotopic (exact) mass is 247 g/mol. The van der Waals surface area contributed by atoms with Crippen molar-refractivity contribution in [2.24, 2.45) is 0 Å². The Morgan fingerprint density at radius 2 is 2.00 bits per heavy atom. The molecule has 3 heteroatoms. The molecule has 0 fully saturated rings. The smallest absolute Gasteiger partial charge is 0.0897 e. The van der Waals surface area contributed by atoms with Gasteiger partial charge in [0.15, 0.2) is 0 Å². The van der Waals surface area contributed by atoms with Crippen LogP contribution in [0, 0.1) is 20.8 Å². The molecule has 2 rings (SSSR count). The van der Waals surface area contributed by atoms with Crippen LogP contribution in [0.25, 0.3) is 0 Å². The van der Waals surface area contributed by atoms with Gasteiger partial charge in [-0.05, 0) is 37.5 Å². The Balaban J connectivity index is 2.14. The Morgan fingerprint density at radius 3 is 2.59 bits per heavy atom. The van der Waals surface area contributed by atoms with Crippen molar-refractivity contribution >= 4 is 11.3 Å². The summed E-state index contributed by atoms with van der Waals surface area (Å²) >= 11 is 1.62. The fraction of sp³-hybridized carbons (Fsp3) is 0.357. The molecule has 1 aromatic heterocycles. The number of aromatic nitrogens is 1. The fourth-order valence-electron chi connectivity index (χ4n) is 1.79. The number of nitrogens with zero attached hydrogens (tertiary/aromatic N) is 1. The Bertz CT molecular complexity index is 519. The predicted octanol–water partition coefficient (Wildman–Crippen LogP) is 3.34. The summed E-state index contributed by atoms with van der Waals surface area (Å²) in [6, 6.07) is 6.10. The van der Waals surface area contributed by atoms with E-state index in [9.17, 15) is 5.11 Å². The van der Waals surface area contributed by atoms with Crippen LogP contribution >= 0.6 is 11.3 Å².